The van der Waals surface area contributed by atoms with E-state index in [1.165, 1.54) is 0 Å². The summed E-state index contributed by atoms with van der Waals surface area (Å²) in [6, 6.07) is 15.6. The monoisotopic (exact) mass is 381 g/mol. The maximum Gasteiger partial charge on any atom is 0.339 e. The van der Waals surface area contributed by atoms with Gasteiger partial charge >= 0.3 is 5.97 Å². The van der Waals surface area contributed by atoms with Crippen molar-refractivity contribution < 1.29 is 9.53 Å². The number of fused-ring (bicyclic) bond motifs is 2. The minimum Gasteiger partial charge on any atom is -0.457 e. The Morgan fingerprint density at radius 1 is 1.08 bits per heavy atom. The number of aromatic nitrogens is 1. The minimum absolute atomic E-state index is 0.255. The van der Waals surface area contributed by atoms with Crippen LogP contribution >= 0.6 is 15.9 Å². The number of esters is 1. The highest BCUT2D eigenvalue weighted by atomic mass is 79.9. The van der Waals surface area contributed by atoms with Crippen molar-refractivity contribution in [1.29, 1.82) is 0 Å². The second kappa shape index (κ2) is 6.36. The summed E-state index contributed by atoms with van der Waals surface area (Å²) in [6.07, 6.45) is 2.88. The van der Waals surface area contributed by atoms with Gasteiger partial charge < -0.3 is 4.74 Å². The molecule has 2 aromatic carbocycles. The van der Waals surface area contributed by atoms with Crippen molar-refractivity contribution in [2.24, 2.45) is 0 Å². The van der Waals surface area contributed by atoms with Gasteiger partial charge in [-0.15, -0.1) is 0 Å². The van der Waals surface area contributed by atoms with Crippen LogP contribution in [0, 0.1) is 0 Å². The van der Waals surface area contributed by atoms with Crippen LogP contribution in [-0.2, 0) is 24.2 Å². The number of aryl methyl sites for hydroxylation is 1. The average Bonchev–Trinajstić information content (AvgIpc) is 3.06. The number of rotatable bonds is 3. The van der Waals surface area contributed by atoms with Crippen LogP contribution in [0.1, 0.15) is 33.6 Å². The molecule has 0 amide bonds. The summed E-state index contributed by atoms with van der Waals surface area (Å²) in [7, 11) is 0. The predicted molar refractivity (Wildman–Crippen MR) is 97.0 cm³/mol. The first-order valence-corrected chi connectivity index (χ1v) is 8.84. The first-order chi connectivity index (χ1) is 11.7. The Morgan fingerprint density at radius 2 is 1.88 bits per heavy atom. The number of carbonyl (C=O) groups excluding carboxylic acids is 1. The summed E-state index contributed by atoms with van der Waals surface area (Å²) in [5, 5.41) is 0.888. The lowest BCUT2D eigenvalue weighted by atomic mass is 10.0. The van der Waals surface area contributed by atoms with E-state index in [0.29, 0.717) is 5.56 Å². The largest absolute Gasteiger partial charge is 0.457 e. The lowest BCUT2D eigenvalue weighted by Crippen LogP contribution is -2.10. The zero-order valence-electron chi connectivity index (χ0n) is 13.1. The number of hydrogen-bond acceptors (Lipinski definition) is 3. The number of halogens is 1. The molecule has 1 aliphatic carbocycles. The van der Waals surface area contributed by atoms with Crippen LogP contribution in [0.2, 0.25) is 0 Å². The highest BCUT2D eigenvalue weighted by Crippen LogP contribution is 2.30. The molecular formula is C20H16BrNO2. The number of carbonyl (C=O) groups is 1. The molecule has 1 heterocycles. The second-order valence-corrected chi connectivity index (χ2v) is 6.90. The Kier molecular flexibility index (Phi) is 4.07. The molecular weight excluding hydrogens is 366 g/mol. The molecule has 3 aromatic rings. The van der Waals surface area contributed by atoms with Crippen LogP contribution in [0.15, 0.2) is 53.0 Å². The van der Waals surface area contributed by atoms with Gasteiger partial charge in [-0.2, -0.15) is 0 Å². The van der Waals surface area contributed by atoms with Gasteiger partial charge in [0, 0.05) is 15.6 Å². The summed E-state index contributed by atoms with van der Waals surface area (Å²) in [6.45, 7) is 0.275. The number of hydrogen-bond donors (Lipinski definition) is 0. The van der Waals surface area contributed by atoms with E-state index in [-0.39, 0.29) is 12.6 Å². The Balaban J connectivity index is 1.67. The van der Waals surface area contributed by atoms with E-state index >= 15 is 0 Å². The molecule has 0 bridgehead atoms. The van der Waals surface area contributed by atoms with Gasteiger partial charge in [-0.05, 0) is 48.6 Å². The van der Waals surface area contributed by atoms with Crippen molar-refractivity contribution in [3.05, 3.63) is 75.4 Å². The average molecular weight is 382 g/mol. The number of para-hydroxylation sites is 1. The number of nitrogens with zero attached hydrogens (tertiary/aromatic N) is 1. The standard InChI is InChI=1S/C20H16BrNO2/c21-14-10-8-13(9-11-14)12-24-20(23)19-15-4-1-2-6-17(15)22-18-7-3-5-16(18)19/h1-2,4,6,8-11H,3,5,7,12H2. The fraction of sp³-hybridized carbons (Fsp3) is 0.200. The lowest BCUT2D eigenvalue weighted by Gasteiger charge is -2.12. The summed E-state index contributed by atoms with van der Waals surface area (Å²) in [5.74, 6) is -0.255. The molecule has 1 aromatic heterocycles. The van der Waals surface area contributed by atoms with Gasteiger partial charge in [0.25, 0.3) is 0 Å². The van der Waals surface area contributed by atoms with Gasteiger partial charge in [0.05, 0.1) is 11.1 Å². The number of pyridine rings is 1. The SMILES string of the molecule is O=C(OCc1ccc(Br)cc1)c1c2c(nc3ccccc13)CCC2. The van der Waals surface area contributed by atoms with E-state index in [9.17, 15) is 4.79 Å². The maximum atomic E-state index is 12.8. The molecule has 0 fully saturated rings. The quantitative estimate of drug-likeness (QED) is 0.609. The van der Waals surface area contributed by atoms with Crippen LogP contribution < -0.4 is 0 Å². The van der Waals surface area contributed by atoms with E-state index in [2.05, 4.69) is 15.9 Å². The highest BCUT2D eigenvalue weighted by molar-refractivity contribution is 9.10. The zero-order valence-corrected chi connectivity index (χ0v) is 14.7. The van der Waals surface area contributed by atoms with Crippen molar-refractivity contribution in [2.45, 2.75) is 25.9 Å². The van der Waals surface area contributed by atoms with Crippen molar-refractivity contribution >= 4 is 32.8 Å². The molecule has 0 N–H and O–H groups in total. The van der Waals surface area contributed by atoms with E-state index in [4.69, 9.17) is 9.72 Å². The smallest absolute Gasteiger partial charge is 0.339 e. The minimum atomic E-state index is -0.255. The fourth-order valence-electron chi connectivity index (χ4n) is 3.25. The molecule has 0 atom stereocenters. The molecule has 0 unspecified atom stereocenters. The fourth-order valence-corrected chi connectivity index (χ4v) is 3.51. The van der Waals surface area contributed by atoms with Crippen LogP contribution in [0.3, 0.4) is 0 Å². The molecule has 0 saturated heterocycles. The molecule has 0 aliphatic heterocycles. The number of benzene rings is 2. The topological polar surface area (TPSA) is 39.2 Å². The first kappa shape index (κ1) is 15.3. The predicted octanol–water partition coefficient (Wildman–Crippen LogP) is 4.84. The molecule has 4 heteroatoms. The molecule has 0 radical (unpaired) electrons. The Hall–Kier alpha value is -2.20. The Morgan fingerprint density at radius 3 is 2.71 bits per heavy atom. The normalized spacial score (nSPS) is 13.0. The van der Waals surface area contributed by atoms with Gasteiger partial charge in [0.15, 0.2) is 0 Å². The highest BCUT2D eigenvalue weighted by Gasteiger charge is 2.24. The van der Waals surface area contributed by atoms with Crippen molar-refractivity contribution in [2.75, 3.05) is 0 Å². The maximum absolute atomic E-state index is 12.8. The van der Waals surface area contributed by atoms with E-state index < -0.39 is 0 Å². The van der Waals surface area contributed by atoms with Crippen molar-refractivity contribution in [3.8, 4) is 0 Å². The molecule has 120 valence electrons. The zero-order chi connectivity index (χ0) is 16.5. The third kappa shape index (κ3) is 2.82. The summed E-state index contributed by atoms with van der Waals surface area (Å²) in [4.78, 5) is 17.5. The van der Waals surface area contributed by atoms with Crippen molar-refractivity contribution in [1.82, 2.24) is 4.98 Å². The van der Waals surface area contributed by atoms with Gasteiger partial charge in [0.1, 0.15) is 6.61 Å². The number of ether oxygens (including phenoxy) is 1. The molecule has 0 spiro atoms. The van der Waals surface area contributed by atoms with Crippen LogP contribution in [0.25, 0.3) is 10.9 Å². The second-order valence-electron chi connectivity index (χ2n) is 5.99. The summed E-state index contributed by atoms with van der Waals surface area (Å²) in [5.41, 5.74) is 4.65. The van der Waals surface area contributed by atoms with E-state index in [1.807, 2.05) is 48.5 Å². The summed E-state index contributed by atoms with van der Waals surface area (Å²) < 4.78 is 6.62. The Bertz CT molecular complexity index is 919. The third-order valence-corrected chi connectivity index (χ3v) is 4.94. The van der Waals surface area contributed by atoms with Crippen LogP contribution in [0.5, 0.6) is 0 Å². The van der Waals surface area contributed by atoms with Crippen LogP contribution in [-0.4, -0.2) is 11.0 Å². The first-order valence-electron chi connectivity index (χ1n) is 8.04. The molecule has 3 nitrogen and oxygen atoms in total. The Labute approximate surface area is 148 Å². The van der Waals surface area contributed by atoms with Crippen LogP contribution in [0.4, 0.5) is 0 Å². The van der Waals surface area contributed by atoms with Gasteiger partial charge in [-0.25, -0.2) is 4.79 Å². The van der Waals surface area contributed by atoms with Gasteiger partial charge in [-0.3, -0.25) is 4.98 Å². The molecule has 0 saturated carbocycles. The molecule has 4 rings (SSSR count). The van der Waals surface area contributed by atoms with Gasteiger partial charge in [-0.1, -0.05) is 46.3 Å². The van der Waals surface area contributed by atoms with Gasteiger partial charge in [0.2, 0.25) is 0 Å². The molecule has 24 heavy (non-hydrogen) atoms. The van der Waals surface area contributed by atoms with Crippen molar-refractivity contribution in [3.63, 3.8) is 0 Å². The van der Waals surface area contributed by atoms with E-state index in [1.54, 1.807) is 0 Å². The van der Waals surface area contributed by atoms with E-state index in [0.717, 1.165) is 51.5 Å². The third-order valence-electron chi connectivity index (χ3n) is 4.41. The summed E-state index contributed by atoms with van der Waals surface area (Å²) >= 11 is 3.41. The molecule has 1 aliphatic rings. The lowest BCUT2D eigenvalue weighted by molar-refractivity contribution is 0.0474.